The molecule has 0 spiro atoms. The highest BCUT2D eigenvalue weighted by molar-refractivity contribution is 5.50. The monoisotopic (exact) mass is 191 g/mol. The van der Waals surface area contributed by atoms with Crippen molar-refractivity contribution in [2.75, 3.05) is 7.11 Å². The van der Waals surface area contributed by atoms with Crippen LogP contribution in [0.15, 0.2) is 30.3 Å². The van der Waals surface area contributed by atoms with Crippen LogP contribution in [-0.4, -0.2) is 19.5 Å². The summed E-state index contributed by atoms with van der Waals surface area (Å²) >= 11 is 0. The third-order valence-electron chi connectivity index (χ3n) is 2.21. The van der Waals surface area contributed by atoms with Crippen molar-refractivity contribution in [3.8, 4) is 0 Å². The maximum absolute atomic E-state index is 10.1. The Kier molecular flexibility index (Phi) is 4.94. The normalized spacial score (nSPS) is 12.4. The Morgan fingerprint density at radius 1 is 1.36 bits per heavy atom. The van der Waals surface area contributed by atoms with Gasteiger partial charge in [0.05, 0.1) is 6.10 Å². The molecule has 1 unspecified atom stereocenters. The molecular formula is C12H15O2. The lowest BCUT2D eigenvalue weighted by Crippen LogP contribution is -2.14. The van der Waals surface area contributed by atoms with Gasteiger partial charge in [0.2, 0.25) is 0 Å². The Labute approximate surface area is 84.9 Å². The number of carbonyl (C=O) groups excluding carboxylic acids is 1. The van der Waals surface area contributed by atoms with Crippen molar-refractivity contribution >= 4 is 6.29 Å². The van der Waals surface area contributed by atoms with E-state index < -0.39 is 0 Å². The van der Waals surface area contributed by atoms with Gasteiger partial charge in [0.25, 0.3) is 0 Å². The molecule has 0 aliphatic heterocycles. The summed E-state index contributed by atoms with van der Waals surface area (Å²) in [5.74, 6) is 0. The van der Waals surface area contributed by atoms with E-state index in [1.54, 1.807) is 7.11 Å². The molecule has 0 N–H and O–H groups in total. The summed E-state index contributed by atoms with van der Waals surface area (Å²) in [4.78, 5) is 10.1. The summed E-state index contributed by atoms with van der Waals surface area (Å²) in [5.41, 5.74) is 1.24. The lowest BCUT2D eigenvalue weighted by atomic mass is 10.0. The van der Waals surface area contributed by atoms with Gasteiger partial charge in [0.15, 0.2) is 6.29 Å². The molecule has 0 saturated heterocycles. The first-order valence-corrected chi connectivity index (χ1v) is 4.78. The van der Waals surface area contributed by atoms with Crippen LogP contribution in [0.1, 0.15) is 18.4 Å². The zero-order valence-electron chi connectivity index (χ0n) is 8.40. The van der Waals surface area contributed by atoms with Gasteiger partial charge in [-0.25, -0.2) is 0 Å². The Morgan fingerprint density at radius 2 is 2.07 bits per heavy atom. The molecule has 0 bridgehead atoms. The van der Waals surface area contributed by atoms with Crippen LogP contribution >= 0.6 is 0 Å². The minimum Gasteiger partial charge on any atom is -0.381 e. The second-order valence-electron chi connectivity index (χ2n) is 3.23. The Morgan fingerprint density at radius 3 is 2.64 bits per heavy atom. The molecule has 0 saturated carbocycles. The van der Waals surface area contributed by atoms with Crippen molar-refractivity contribution in [1.82, 2.24) is 0 Å². The summed E-state index contributed by atoms with van der Waals surface area (Å²) in [7, 11) is 1.68. The van der Waals surface area contributed by atoms with Gasteiger partial charge >= 0.3 is 0 Å². The van der Waals surface area contributed by atoms with Gasteiger partial charge in [-0.3, -0.25) is 4.79 Å². The van der Waals surface area contributed by atoms with Crippen molar-refractivity contribution in [1.29, 1.82) is 0 Å². The van der Waals surface area contributed by atoms with E-state index in [1.165, 1.54) is 5.56 Å². The van der Waals surface area contributed by atoms with Crippen LogP contribution in [0.4, 0.5) is 0 Å². The fourth-order valence-electron chi connectivity index (χ4n) is 1.40. The number of ether oxygens (including phenoxy) is 1. The van der Waals surface area contributed by atoms with Crippen LogP contribution in [-0.2, 0) is 16.0 Å². The molecule has 0 heterocycles. The molecule has 1 aromatic rings. The molecule has 75 valence electrons. The van der Waals surface area contributed by atoms with Crippen molar-refractivity contribution in [2.24, 2.45) is 0 Å². The number of hydrogen-bond donors (Lipinski definition) is 0. The highest BCUT2D eigenvalue weighted by atomic mass is 16.5. The Bertz CT molecular complexity index is 256. The average molecular weight is 191 g/mol. The summed E-state index contributed by atoms with van der Waals surface area (Å²) in [6.45, 7) is 0. The molecule has 14 heavy (non-hydrogen) atoms. The van der Waals surface area contributed by atoms with Gasteiger partial charge in [-0.05, 0) is 18.4 Å². The fraction of sp³-hybridized carbons (Fsp3) is 0.417. The average Bonchev–Trinajstić information content (AvgIpc) is 2.25. The van der Waals surface area contributed by atoms with Crippen molar-refractivity contribution in [3.05, 3.63) is 35.9 Å². The van der Waals surface area contributed by atoms with Crippen LogP contribution < -0.4 is 0 Å². The SMILES string of the molecule is COC(CC[C]=O)Cc1ccccc1. The first-order chi connectivity index (χ1) is 6.86. The van der Waals surface area contributed by atoms with E-state index in [0.29, 0.717) is 6.42 Å². The zero-order valence-corrected chi connectivity index (χ0v) is 8.40. The molecule has 1 aromatic carbocycles. The third kappa shape index (κ3) is 3.71. The molecule has 0 aliphatic rings. The molecule has 0 amide bonds. The second kappa shape index (κ2) is 6.33. The van der Waals surface area contributed by atoms with Gasteiger partial charge < -0.3 is 4.74 Å². The first kappa shape index (κ1) is 10.9. The number of methoxy groups -OCH3 is 1. The quantitative estimate of drug-likeness (QED) is 0.688. The highest BCUT2D eigenvalue weighted by Crippen LogP contribution is 2.09. The van der Waals surface area contributed by atoms with Crippen molar-refractivity contribution < 1.29 is 9.53 Å². The molecule has 2 nitrogen and oxygen atoms in total. The van der Waals surface area contributed by atoms with Crippen molar-refractivity contribution in [2.45, 2.75) is 25.4 Å². The summed E-state index contributed by atoms with van der Waals surface area (Å²) in [5, 5.41) is 0. The first-order valence-electron chi connectivity index (χ1n) is 4.78. The maximum atomic E-state index is 10.1. The van der Waals surface area contributed by atoms with Crippen LogP contribution in [0.5, 0.6) is 0 Å². The molecule has 1 rings (SSSR count). The molecule has 2 heteroatoms. The maximum Gasteiger partial charge on any atom is 0.198 e. The van der Waals surface area contributed by atoms with E-state index in [0.717, 1.165) is 12.8 Å². The standard InChI is InChI=1S/C12H15O2/c1-14-12(8-5-9-13)10-11-6-3-2-4-7-11/h2-4,6-7,12H,5,8,10H2,1H3. The molecule has 0 fully saturated rings. The van der Waals surface area contributed by atoms with E-state index in [1.807, 2.05) is 24.5 Å². The predicted molar refractivity (Wildman–Crippen MR) is 55.9 cm³/mol. The van der Waals surface area contributed by atoms with Gasteiger partial charge in [0.1, 0.15) is 0 Å². The fourth-order valence-corrected chi connectivity index (χ4v) is 1.40. The van der Waals surface area contributed by atoms with E-state index in [-0.39, 0.29) is 6.10 Å². The molecular weight excluding hydrogens is 176 g/mol. The van der Waals surface area contributed by atoms with Gasteiger partial charge in [0, 0.05) is 13.5 Å². The summed E-state index contributed by atoms with van der Waals surface area (Å²) < 4.78 is 5.28. The molecule has 1 radical (unpaired) electrons. The van der Waals surface area contributed by atoms with E-state index in [2.05, 4.69) is 12.1 Å². The Hall–Kier alpha value is -1.15. The largest absolute Gasteiger partial charge is 0.381 e. The lowest BCUT2D eigenvalue weighted by Gasteiger charge is -2.13. The van der Waals surface area contributed by atoms with Crippen molar-refractivity contribution in [3.63, 3.8) is 0 Å². The minimum absolute atomic E-state index is 0.124. The summed E-state index contributed by atoms with van der Waals surface area (Å²) in [6.07, 6.45) is 4.07. The van der Waals surface area contributed by atoms with Crippen LogP contribution in [0, 0.1) is 0 Å². The third-order valence-corrected chi connectivity index (χ3v) is 2.21. The topological polar surface area (TPSA) is 26.3 Å². The van der Waals surface area contributed by atoms with Gasteiger partial charge in [-0.2, -0.15) is 0 Å². The minimum atomic E-state index is 0.124. The lowest BCUT2D eigenvalue weighted by molar-refractivity contribution is 0.0972. The van der Waals surface area contributed by atoms with Crippen LogP contribution in [0.2, 0.25) is 0 Å². The summed E-state index contributed by atoms with van der Waals surface area (Å²) in [6, 6.07) is 10.1. The Balaban J connectivity index is 2.44. The highest BCUT2D eigenvalue weighted by Gasteiger charge is 2.07. The van der Waals surface area contributed by atoms with Gasteiger partial charge in [-0.15, -0.1) is 0 Å². The van der Waals surface area contributed by atoms with Crippen LogP contribution in [0.25, 0.3) is 0 Å². The van der Waals surface area contributed by atoms with E-state index in [4.69, 9.17) is 4.74 Å². The number of benzene rings is 1. The zero-order chi connectivity index (χ0) is 10.2. The molecule has 0 aromatic heterocycles. The van der Waals surface area contributed by atoms with E-state index >= 15 is 0 Å². The smallest absolute Gasteiger partial charge is 0.198 e. The molecule has 0 aliphatic carbocycles. The number of hydrogen-bond acceptors (Lipinski definition) is 2. The van der Waals surface area contributed by atoms with Gasteiger partial charge in [-0.1, -0.05) is 30.3 Å². The number of rotatable bonds is 6. The van der Waals surface area contributed by atoms with Crippen LogP contribution in [0.3, 0.4) is 0 Å². The predicted octanol–water partition coefficient (Wildman–Crippen LogP) is 2.13. The second-order valence-corrected chi connectivity index (χ2v) is 3.23. The molecule has 1 atom stereocenters. The van der Waals surface area contributed by atoms with E-state index in [9.17, 15) is 4.79 Å².